The van der Waals surface area contributed by atoms with Gasteiger partial charge in [0.15, 0.2) is 0 Å². The van der Waals surface area contributed by atoms with Crippen molar-refractivity contribution in [3.05, 3.63) is 59.2 Å². The summed E-state index contributed by atoms with van der Waals surface area (Å²) in [6.07, 6.45) is 7.47. The predicted molar refractivity (Wildman–Crippen MR) is 160 cm³/mol. The molecular formula is C31H45N3O5S. The van der Waals surface area contributed by atoms with E-state index in [1.807, 2.05) is 57.2 Å². The molecule has 1 aliphatic rings. The minimum absolute atomic E-state index is 0.121. The van der Waals surface area contributed by atoms with Gasteiger partial charge in [0, 0.05) is 25.6 Å². The Balaban J connectivity index is 1.78. The van der Waals surface area contributed by atoms with Gasteiger partial charge < -0.3 is 15.0 Å². The fourth-order valence-corrected chi connectivity index (χ4v) is 6.40. The topological polar surface area (TPSA) is 96.0 Å². The average Bonchev–Trinajstić information content (AvgIpc) is 2.93. The molecule has 1 atom stereocenters. The molecule has 40 heavy (non-hydrogen) atoms. The SMILES string of the molecule is CCC(C(=O)NC1CCCCC1)N(Cc1ccc(OC)cc1)C(=O)CCCN(c1cccc(C)c1C)S(C)(=O)=O. The van der Waals surface area contributed by atoms with Crippen LogP contribution in [0, 0.1) is 13.8 Å². The fraction of sp³-hybridized carbons (Fsp3) is 0.548. The molecule has 0 aromatic heterocycles. The number of benzene rings is 2. The molecule has 2 aromatic carbocycles. The lowest BCUT2D eigenvalue weighted by atomic mass is 9.95. The highest BCUT2D eigenvalue weighted by Gasteiger charge is 2.30. The first-order valence-corrected chi connectivity index (χ1v) is 16.2. The van der Waals surface area contributed by atoms with Crippen LogP contribution in [0.2, 0.25) is 0 Å². The Morgan fingerprint density at radius 2 is 1.73 bits per heavy atom. The van der Waals surface area contributed by atoms with Crippen molar-refractivity contribution in [3.8, 4) is 5.75 Å². The Labute approximate surface area is 240 Å². The van der Waals surface area contributed by atoms with Crippen LogP contribution in [-0.2, 0) is 26.2 Å². The summed E-state index contributed by atoms with van der Waals surface area (Å²) in [4.78, 5) is 28.8. The Hall–Kier alpha value is -3.07. The van der Waals surface area contributed by atoms with Crippen LogP contribution in [0.15, 0.2) is 42.5 Å². The maximum Gasteiger partial charge on any atom is 0.243 e. The molecule has 8 nitrogen and oxygen atoms in total. The van der Waals surface area contributed by atoms with Crippen LogP contribution in [0.4, 0.5) is 5.69 Å². The number of ether oxygens (including phenoxy) is 1. The van der Waals surface area contributed by atoms with Crippen molar-refractivity contribution in [3.63, 3.8) is 0 Å². The Morgan fingerprint density at radius 3 is 2.33 bits per heavy atom. The highest BCUT2D eigenvalue weighted by molar-refractivity contribution is 7.92. The van der Waals surface area contributed by atoms with E-state index < -0.39 is 16.1 Å². The van der Waals surface area contributed by atoms with Crippen molar-refractivity contribution in [2.75, 3.05) is 24.2 Å². The zero-order valence-corrected chi connectivity index (χ0v) is 25.4. The summed E-state index contributed by atoms with van der Waals surface area (Å²) in [6, 6.07) is 12.6. The van der Waals surface area contributed by atoms with Crippen molar-refractivity contribution in [1.29, 1.82) is 0 Å². The maximum atomic E-state index is 13.7. The van der Waals surface area contributed by atoms with Crippen LogP contribution in [0.3, 0.4) is 0 Å². The normalized spacial score (nSPS) is 14.8. The van der Waals surface area contributed by atoms with Gasteiger partial charge in [-0.05, 0) is 74.4 Å². The molecule has 9 heteroatoms. The first-order chi connectivity index (χ1) is 19.0. The quantitative estimate of drug-likeness (QED) is 0.360. The first kappa shape index (κ1) is 31.5. The van der Waals surface area contributed by atoms with Crippen molar-refractivity contribution in [2.45, 2.75) is 90.8 Å². The Morgan fingerprint density at radius 1 is 1.05 bits per heavy atom. The van der Waals surface area contributed by atoms with Crippen molar-refractivity contribution in [2.24, 2.45) is 0 Å². The smallest absolute Gasteiger partial charge is 0.243 e. The monoisotopic (exact) mass is 571 g/mol. The van der Waals surface area contributed by atoms with Gasteiger partial charge in [0.25, 0.3) is 0 Å². The van der Waals surface area contributed by atoms with Crippen molar-refractivity contribution >= 4 is 27.5 Å². The molecule has 0 radical (unpaired) electrons. The standard InChI is InChI=1S/C31H45N3O5S/c1-6-28(31(36)32-26-13-8-7-9-14-26)33(22-25-17-19-27(39-4)20-18-25)30(35)16-11-21-34(40(5,37)38)29-15-10-12-23(2)24(29)3/h10,12,15,17-20,26,28H,6-9,11,13-14,16,21-22H2,1-5H3,(H,32,36). The summed E-state index contributed by atoms with van der Waals surface area (Å²) in [6.45, 7) is 6.23. The number of nitrogens with zero attached hydrogens (tertiary/aromatic N) is 2. The Kier molecular flexibility index (Phi) is 11.4. The number of carbonyl (C=O) groups is 2. The second-order valence-electron chi connectivity index (χ2n) is 10.8. The molecule has 0 saturated heterocycles. The second kappa shape index (κ2) is 14.5. The summed E-state index contributed by atoms with van der Waals surface area (Å²) in [7, 11) is -1.95. The van der Waals surface area contributed by atoms with E-state index in [0.29, 0.717) is 18.5 Å². The van der Waals surface area contributed by atoms with Crippen molar-refractivity contribution < 1.29 is 22.7 Å². The van der Waals surface area contributed by atoms with E-state index in [-0.39, 0.29) is 37.4 Å². The number of hydrogen-bond donors (Lipinski definition) is 1. The van der Waals surface area contributed by atoms with E-state index in [1.165, 1.54) is 17.0 Å². The molecule has 0 aliphatic heterocycles. The number of rotatable bonds is 13. The van der Waals surface area contributed by atoms with E-state index in [2.05, 4.69) is 5.32 Å². The third kappa shape index (κ3) is 8.46. The maximum absolute atomic E-state index is 13.7. The lowest BCUT2D eigenvalue weighted by Gasteiger charge is -2.33. The highest BCUT2D eigenvalue weighted by Crippen LogP contribution is 2.26. The molecule has 1 saturated carbocycles. The zero-order valence-electron chi connectivity index (χ0n) is 24.6. The number of methoxy groups -OCH3 is 1. The lowest BCUT2D eigenvalue weighted by molar-refractivity contribution is -0.141. The molecule has 2 amide bonds. The summed E-state index contributed by atoms with van der Waals surface area (Å²) in [5.74, 6) is 0.427. The third-order valence-electron chi connectivity index (χ3n) is 7.85. The van der Waals surface area contributed by atoms with E-state index in [1.54, 1.807) is 18.1 Å². The van der Waals surface area contributed by atoms with Gasteiger partial charge in [-0.3, -0.25) is 13.9 Å². The number of nitrogens with one attached hydrogen (secondary N) is 1. The molecule has 1 unspecified atom stereocenters. The van der Waals surface area contributed by atoms with E-state index in [4.69, 9.17) is 4.74 Å². The molecule has 1 fully saturated rings. The van der Waals surface area contributed by atoms with Gasteiger partial charge in [0.1, 0.15) is 11.8 Å². The molecule has 220 valence electrons. The molecule has 2 aromatic rings. The summed E-state index contributed by atoms with van der Waals surface area (Å²) < 4.78 is 32.0. The molecule has 0 spiro atoms. The highest BCUT2D eigenvalue weighted by atomic mass is 32.2. The molecule has 0 heterocycles. The van der Waals surface area contributed by atoms with Crippen LogP contribution in [0.25, 0.3) is 0 Å². The number of amides is 2. The van der Waals surface area contributed by atoms with Gasteiger partial charge in [-0.25, -0.2) is 8.42 Å². The Bertz CT molecular complexity index is 1240. The number of carbonyl (C=O) groups excluding carboxylic acids is 2. The van der Waals surface area contributed by atoms with E-state index in [0.717, 1.165) is 48.1 Å². The first-order valence-electron chi connectivity index (χ1n) is 14.3. The number of anilines is 1. The average molecular weight is 572 g/mol. The molecular weight excluding hydrogens is 526 g/mol. The predicted octanol–water partition coefficient (Wildman–Crippen LogP) is 5.11. The molecule has 0 bridgehead atoms. The summed E-state index contributed by atoms with van der Waals surface area (Å²) >= 11 is 0. The number of sulfonamides is 1. The van der Waals surface area contributed by atoms with Crippen LogP contribution >= 0.6 is 0 Å². The van der Waals surface area contributed by atoms with E-state index in [9.17, 15) is 18.0 Å². The molecule has 3 rings (SSSR count). The summed E-state index contributed by atoms with van der Waals surface area (Å²) in [5, 5.41) is 3.20. The van der Waals surface area contributed by atoms with Gasteiger partial charge in [0.2, 0.25) is 21.8 Å². The van der Waals surface area contributed by atoms with Gasteiger partial charge in [-0.1, -0.05) is 50.5 Å². The van der Waals surface area contributed by atoms with Gasteiger partial charge in [0.05, 0.1) is 19.1 Å². The third-order valence-corrected chi connectivity index (χ3v) is 9.03. The van der Waals surface area contributed by atoms with Crippen LogP contribution in [0.5, 0.6) is 5.75 Å². The summed E-state index contributed by atoms with van der Waals surface area (Å²) in [5.41, 5.74) is 3.42. The number of hydrogen-bond acceptors (Lipinski definition) is 5. The van der Waals surface area contributed by atoms with Crippen molar-refractivity contribution in [1.82, 2.24) is 10.2 Å². The second-order valence-corrected chi connectivity index (χ2v) is 12.7. The minimum Gasteiger partial charge on any atom is -0.497 e. The van der Waals surface area contributed by atoms with Gasteiger partial charge in [-0.2, -0.15) is 0 Å². The van der Waals surface area contributed by atoms with E-state index >= 15 is 0 Å². The van der Waals surface area contributed by atoms with Gasteiger partial charge in [-0.15, -0.1) is 0 Å². The molecule has 1 aliphatic carbocycles. The van der Waals surface area contributed by atoms with Crippen LogP contribution in [0.1, 0.15) is 75.0 Å². The molecule has 1 N–H and O–H groups in total. The van der Waals surface area contributed by atoms with Gasteiger partial charge >= 0.3 is 0 Å². The van der Waals surface area contributed by atoms with Crippen LogP contribution in [-0.4, -0.2) is 57.1 Å². The largest absolute Gasteiger partial charge is 0.497 e. The fourth-order valence-electron chi connectivity index (χ4n) is 5.38. The zero-order chi connectivity index (χ0) is 29.3. The minimum atomic E-state index is -3.55. The number of aryl methyl sites for hydroxylation is 1. The van der Waals surface area contributed by atoms with Crippen LogP contribution < -0.4 is 14.4 Å². The lowest BCUT2D eigenvalue weighted by Crippen LogP contribution is -2.51.